The third-order valence-electron chi connectivity index (χ3n) is 4.99. The van der Waals surface area contributed by atoms with Crippen LogP contribution in [0.2, 0.25) is 0 Å². The molecular formula is C24H27N3O4. The fourth-order valence-electron chi connectivity index (χ4n) is 3.43. The third kappa shape index (κ3) is 5.36. The lowest BCUT2D eigenvalue weighted by atomic mass is 10.00. The second kappa shape index (κ2) is 9.55. The highest BCUT2D eigenvalue weighted by Crippen LogP contribution is 2.16. The first-order valence-electron chi connectivity index (χ1n) is 10.3. The second-order valence-electron chi connectivity index (χ2n) is 8.03. The van der Waals surface area contributed by atoms with Crippen LogP contribution in [0.5, 0.6) is 0 Å². The highest BCUT2D eigenvalue weighted by Gasteiger charge is 2.19. The number of rotatable bonds is 7. The average molecular weight is 421 g/mol. The van der Waals surface area contributed by atoms with Crippen LogP contribution < -0.4 is 10.9 Å². The summed E-state index contributed by atoms with van der Waals surface area (Å²) in [5.74, 6) is -0.592. The monoisotopic (exact) mass is 421 g/mol. The summed E-state index contributed by atoms with van der Waals surface area (Å²) in [6.45, 7) is 5.78. The van der Waals surface area contributed by atoms with E-state index in [-0.39, 0.29) is 17.3 Å². The number of hydrogen-bond acceptors (Lipinski definition) is 5. The van der Waals surface area contributed by atoms with Gasteiger partial charge in [-0.05, 0) is 36.5 Å². The minimum atomic E-state index is -0.757. The predicted molar refractivity (Wildman–Crippen MR) is 119 cm³/mol. The maximum atomic E-state index is 12.5. The molecule has 0 aliphatic carbocycles. The Bertz CT molecular complexity index is 1150. The van der Waals surface area contributed by atoms with Crippen molar-refractivity contribution in [3.63, 3.8) is 0 Å². The minimum Gasteiger partial charge on any atom is -0.451 e. The van der Waals surface area contributed by atoms with Crippen LogP contribution >= 0.6 is 0 Å². The van der Waals surface area contributed by atoms with Gasteiger partial charge in [0, 0.05) is 12.4 Å². The Balaban J connectivity index is 1.62. The normalized spacial score (nSPS) is 12.0. The Labute approximate surface area is 181 Å². The highest BCUT2D eigenvalue weighted by atomic mass is 16.5. The fourth-order valence-corrected chi connectivity index (χ4v) is 3.43. The lowest BCUT2D eigenvalue weighted by Gasteiger charge is -2.15. The molecule has 0 spiro atoms. The lowest BCUT2D eigenvalue weighted by molar-refractivity contribution is -0.124. The van der Waals surface area contributed by atoms with Gasteiger partial charge in [-0.3, -0.25) is 9.59 Å². The van der Waals surface area contributed by atoms with Gasteiger partial charge >= 0.3 is 5.97 Å². The zero-order valence-electron chi connectivity index (χ0n) is 18.2. The van der Waals surface area contributed by atoms with Crippen molar-refractivity contribution in [3.8, 4) is 0 Å². The van der Waals surface area contributed by atoms with E-state index in [0.29, 0.717) is 16.7 Å². The van der Waals surface area contributed by atoms with E-state index in [0.717, 1.165) is 16.7 Å². The summed E-state index contributed by atoms with van der Waals surface area (Å²) in [4.78, 5) is 37.0. The molecule has 0 aliphatic heterocycles. The summed E-state index contributed by atoms with van der Waals surface area (Å²) in [6.07, 6.45) is 1.00. The Morgan fingerprint density at radius 1 is 1.03 bits per heavy atom. The van der Waals surface area contributed by atoms with Gasteiger partial charge in [0.15, 0.2) is 12.3 Å². The lowest BCUT2D eigenvalue weighted by Crippen LogP contribution is -2.31. The number of aryl methyl sites for hydroxylation is 1. The van der Waals surface area contributed by atoms with Crippen molar-refractivity contribution in [2.75, 3.05) is 6.61 Å². The van der Waals surface area contributed by atoms with Crippen LogP contribution in [0.3, 0.4) is 0 Å². The van der Waals surface area contributed by atoms with E-state index in [1.807, 2.05) is 19.1 Å². The van der Waals surface area contributed by atoms with Crippen molar-refractivity contribution in [1.82, 2.24) is 15.1 Å². The van der Waals surface area contributed by atoms with Crippen molar-refractivity contribution in [3.05, 3.63) is 75.7 Å². The summed E-state index contributed by atoms with van der Waals surface area (Å²) in [6, 6.07) is 14.6. The highest BCUT2D eigenvalue weighted by molar-refractivity contribution is 6.02. The molecule has 1 aromatic heterocycles. The zero-order chi connectivity index (χ0) is 22.5. The maximum absolute atomic E-state index is 12.5. The molecule has 1 atom stereocenters. The molecule has 0 unspecified atom stereocenters. The first-order chi connectivity index (χ1) is 14.8. The van der Waals surface area contributed by atoms with Crippen molar-refractivity contribution in [1.29, 1.82) is 0 Å². The van der Waals surface area contributed by atoms with Gasteiger partial charge in [0.05, 0.1) is 11.4 Å². The van der Waals surface area contributed by atoms with Crippen LogP contribution in [0.25, 0.3) is 10.8 Å². The fraction of sp³-hybridized carbons (Fsp3) is 0.333. The molecule has 7 heteroatoms. The topological polar surface area (TPSA) is 90.3 Å². The number of fused-ring (bicyclic) bond motifs is 1. The van der Waals surface area contributed by atoms with E-state index < -0.39 is 18.5 Å². The van der Waals surface area contributed by atoms with Gasteiger partial charge < -0.3 is 10.1 Å². The summed E-state index contributed by atoms with van der Waals surface area (Å²) in [5, 5.41) is 7.60. The van der Waals surface area contributed by atoms with E-state index in [9.17, 15) is 14.4 Å². The van der Waals surface area contributed by atoms with Crippen LogP contribution in [0.4, 0.5) is 0 Å². The van der Waals surface area contributed by atoms with E-state index in [1.165, 1.54) is 12.6 Å². The van der Waals surface area contributed by atoms with E-state index >= 15 is 0 Å². The third-order valence-corrected chi connectivity index (χ3v) is 4.99. The predicted octanol–water partition coefficient (Wildman–Crippen LogP) is 3.17. The molecule has 3 aromatic rings. The molecule has 3 rings (SSSR count). The van der Waals surface area contributed by atoms with Crippen LogP contribution in [0, 0.1) is 5.92 Å². The molecule has 0 aliphatic rings. The Kier molecular flexibility index (Phi) is 6.84. The molecular weight excluding hydrogens is 394 g/mol. The largest absolute Gasteiger partial charge is 0.451 e. The van der Waals surface area contributed by atoms with Gasteiger partial charge in [0.2, 0.25) is 0 Å². The molecule has 1 amide bonds. The minimum absolute atomic E-state index is 0.000658. The summed E-state index contributed by atoms with van der Waals surface area (Å²) >= 11 is 0. The number of carbonyl (C=O) groups is 2. The quantitative estimate of drug-likeness (QED) is 0.592. The number of esters is 1. The van der Waals surface area contributed by atoms with Gasteiger partial charge in [-0.2, -0.15) is 5.10 Å². The Morgan fingerprint density at radius 2 is 1.68 bits per heavy atom. The number of ether oxygens (including phenoxy) is 1. The molecule has 0 saturated heterocycles. The first kappa shape index (κ1) is 22.2. The molecule has 7 nitrogen and oxygen atoms in total. The van der Waals surface area contributed by atoms with Crippen molar-refractivity contribution >= 4 is 22.6 Å². The summed E-state index contributed by atoms with van der Waals surface area (Å²) in [5.41, 5.74) is 1.92. The first-order valence-corrected chi connectivity index (χ1v) is 10.3. The van der Waals surface area contributed by atoms with Crippen LogP contribution in [-0.2, 0) is 23.0 Å². The molecule has 0 bridgehead atoms. The number of aromatic nitrogens is 2. The van der Waals surface area contributed by atoms with Crippen molar-refractivity contribution in [2.24, 2.45) is 13.0 Å². The van der Waals surface area contributed by atoms with E-state index in [1.54, 1.807) is 24.3 Å². The molecule has 1 heterocycles. The number of nitrogens with zero attached hydrogens (tertiary/aromatic N) is 2. The van der Waals surface area contributed by atoms with Crippen molar-refractivity contribution < 1.29 is 14.3 Å². The summed E-state index contributed by atoms with van der Waals surface area (Å²) < 4.78 is 6.25. The number of hydrogen-bond donors (Lipinski definition) is 1. The smallest absolute Gasteiger partial charge is 0.359 e. The maximum Gasteiger partial charge on any atom is 0.359 e. The van der Waals surface area contributed by atoms with Gasteiger partial charge in [-0.25, -0.2) is 9.48 Å². The van der Waals surface area contributed by atoms with Crippen LogP contribution in [-0.4, -0.2) is 28.3 Å². The molecule has 2 aromatic carbocycles. The number of benzene rings is 2. The van der Waals surface area contributed by atoms with E-state index in [2.05, 4.69) is 36.4 Å². The van der Waals surface area contributed by atoms with Gasteiger partial charge in [-0.15, -0.1) is 0 Å². The summed E-state index contributed by atoms with van der Waals surface area (Å²) in [7, 11) is 1.46. The molecule has 0 radical (unpaired) electrons. The number of carbonyl (C=O) groups excluding carboxylic acids is 2. The number of nitrogens with one attached hydrogen (secondary N) is 1. The molecule has 31 heavy (non-hydrogen) atoms. The molecule has 0 fully saturated rings. The Morgan fingerprint density at radius 3 is 2.32 bits per heavy atom. The van der Waals surface area contributed by atoms with Gasteiger partial charge in [-0.1, -0.05) is 56.3 Å². The number of amides is 1. The standard InChI is InChI=1S/C24H27N3O4/c1-15(2)13-17-9-11-18(12-10-17)16(3)25-21(28)14-31-24(30)22-19-7-5-6-8-20(19)23(29)27(4)26-22/h5-12,15-16H,13-14H2,1-4H3,(H,25,28)/t16-/m0/s1. The molecule has 0 saturated carbocycles. The molecule has 1 N–H and O–H groups in total. The Hall–Kier alpha value is -3.48. The molecule has 162 valence electrons. The van der Waals surface area contributed by atoms with Crippen LogP contribution in [0.15, 0.2) is 53.3 Å². The van der Waals surface area contributed by atoms with Crippen molar-refractivity contribution in [2.45, 2.75) is 33.2 Å². The van der Waals surface area contributed by atoms with Gasteiger partial charge in [0.25, 0.3) is 11.5 Å². The van der Waals surface area contributed by atoms with Crippen LogP contribution in [0.1, 0.15) is 48.4 Å². The second-order valence-corrected chi connectivity index (χ2v) is 8.03. The van der Waals surface area contributed by atoms with E-state index in [4.69, 9.17) is 4.74 Å². The zero-order valence-corrected chi connectivity index (χ0v) is 18.2. The SMILES string of the molecule is CC(C)Cc1ccc([C@H](C)NC(=O)COC(=O)c2nn(C)c(=O)c3ccccc23)cc1. The average Bonchev–Trinajstić information content (AvgIpc) is 2.74. The van der Waals surface area contributed by atoms with Gasteiger partial charge in [0.1, 0.15) is 0 Å².